The largest absolute Gasteiger partial charge is 0.465 e. The Kier molecular flexibility index (Phi) is 5.27. The maximum atomic E-state index is 11.8. The normalized spacial score (nSPS) is 15.3. The van der Waals surface area contributed by atoms with Crippen LogP contribution < -0.4 is 5.32 Å². The number of hydrogen-bond acceptors (Lipinski definition) is 3. The number of rotatable bonds is 6. The minimum Gasteiger partial charge on any atom is -0.465 e. The van der Waals surface area contributed by atoms with E-state index in [4.69, 9.17) is 4.42 Å². The highest BCUT2D eigenvalue weighted by molar-refractivity contribution is 6.01. The number of carbonyl (C=O) groups is 1. The number of furan rings is 1. The summed E-state index contributed by atoms with van der Waals surface area (Å²) in [6.07, 6.45) is 8.43. The summed E-state index contributed by atoms with van der Waals surface area (Å²) < 4.78 is 5.15. The first-order valence-electron chi connectivity index (χ1n) is 8.13. The molecule has 0 spiro atoms. The minimum atomic E-state index is -0.161. The predicted molar refractivity (Wildman–Crippen MR) is 92.2 cm³/mol. The number of anilines is 1. The molecule has 1 saturated heterocycles. The van der Waals surface area contributed by atoms with E-state index in [1.54, 1.807) is 24.5 Å². The second-order valence-electron chi connectivity index (χ2n) is 5.83. The lowest BCUT2D eigenvalue weighted by atomic mass is 10.1. The summed E-state index contributed by atoms with van der Waals surface area (Å²) in [6.45, 7) is 3.59. The molecule has 4 nitrogen and oxygen atoms in total. The van der Waals surface area contributed by atoms with E-state index < -0.39 is 0 Å². The molecule has 0 atom stereocenters. The first-order valence-corrected chi connectivity index (χ1v) is 8.13. The number of nitrogens with one attached hydrogen (secondary N) is 1. The van der Waals surface area contributed by atoms with Crippen LogP contribution in [-0.2, 0) is 11.2 Å². The van der Waals surface area contributed by atoms with Gasteiger partial charge in [0.2, 0.25) is 5.91 Å². The first-order chi connectivity index (χ1) is 11.3. The van der Waals surface area contributed by atoms with E-state index in [-0.39, 0.29) is 5.91 Å². The van der Waals surface area contributed by atoms with E-state index in [0.29, 0.717) is 5.76 Å². The average Bonchev–Trinajstić information content (AvgIpc) is 3.26. The highest BCUT2D eigenvalue weighted by Crippen LogP contribution is 2.13. The number of nitrogens with zero attached hydrogens (tertiary/aromatic N) is 1. The Morgan fingerprint density at radius 2 is 1.96 bits per heavy atom. The predicted octanol–water partition coefficient (Wildman–Crippen LogP) is 3.57. The van der Waals surface area contributed by atoms with E-state index in [9.17, 15) is 4.79 Å². The molecule has 2 aromatic rings. The van der Waals surface area contributed by atoms with Crippen molar-refractivity contribution in [3.8, 4) is 0 Å². The maximum absolute atomic E-state index is 11.8. The Labute approximate surface area is 136 Å². The van der Waals surface area contributed by atoms with Gasteiger partial charge in [-0.3, -0.25) is 4.79 Å². The van der Waals surface area contributed by atoms with Crippen molar-refractivity contribution in [1.29, 1.82) is 0 Å². The summed E-state index contributed by atoms with van der Waals surface area (Å²) in [7, 11) is 0. The fraction of sp³-hybridized carbons (Fsp3) is 0.316. The van der Waals surface area contributed by atoms with Gasteiger partial charge in [-0.15, -0.1) is 0 Å². The van der Waals surface area contributed by atoms with Crippen LogP contribution >= 0.6 is 0 Å². The van der Waals surface area contributed by atoms with Crippen LogP contribution in [0.5, 0.6) is 0 Å². The fourth-order valence-corrected chi connectivity index (χ4v) is 2.78. The van der Waals surface area contributed by atoms with Crippen LogP contribution in [0.3, 0.4) is 0 Å². The first kappa shape index (κ1) is 15.6. The summed E-state index contributed by atoms with van der Waals surface area (Å²) in [5.41, 5.74) is 2.12. The third-order valence-corrected chi connectivity index (χ3v) is 4.08. The van der Waals surface area contributed by atoms with Gasteiger partial charge in [0.1, 0.15) is 5.76 Å². The highest BCUT2D eigenvalue weighted by Gasteiger charge is 2.10. The van der Waals surface area contributed by atoms with Crippen LogP contribution in [0.15, 0.2) is 53.2 Å². The number of hydrogen-bond donors (Lipinski definition) is 1. The van der Waals surface area contributed by atoms with Crippen molar-refractivity contribution in [3.05, 3.63) is 60.1 Å². The molecule has 23 heavy (non-hydrogen) atoms. The van der Waals surface area contributed by atoms with Crippen LogP contribution in [-0.4, -0.2) is 30.4 Å². The highest BCUT2D eigenvalue weighted by atomic mass is 16.3. The van der Waals surface area contributed by atoms with Crippen molar-refractivity contribution in [2.75, 3.05) is 25.0 Å². The standard InChI is InChI=1S/C19H22N2O2/c22-19(10-9-18-4-3-15-23-18)20-17-7-5-16(6-8-17)11-14-21-12-1-2-13-21/h3-10,15H,1-2,11-14H2,(H,20,22). The summed E-state index contributed by atoms with van der Waals surface area (Å²) in [4.78, 5) is 14.4. The molecule has 1 aromatic carbocycles. The van der Waals surface area contributed by atoms with Crippen molar-refractivity contribution in [2.45, 2.75) is 19.3 Å². The van der Waals surface area contributed by atoms with E-state index in [0.717, 1.165) is 18.7 Å². The van der Waals surface area contributed by atoms with Crippen molar-refractivity contribution >= 4 is 17.7 Å². The monoisotopic (exact) mass is 310 g/mol. The molecule has 0 bridgehead atoms. The summed E-state index contributed by atoms with van der Waals surface area (Å²) in [5.74, 6) is 0.503. The molecule has 0 radical (unpaired) electrons. The zero-order valence-electron chi connectivity index (χ0n) is 13.2. The molecule has 120 valence electrons. The summed E-state index contributed by atoms with van der Waals surface area (Å²) in [5, 5.41) is 2.85. The lowest BCUT2D eigenvalue weighted by Gasteiger charge is -2.14. The molecule has 2 heterocycles. The molecule has 1 amide bonds. The van der Waals surface area contributed by atoms with Gasteiger partial charge in [-0.1, -0.05) is 12.1 Å². The van der Waals surface area contributed by atoms with Crippen LogP contribution in [0.4, 0.5) is 5.69 Å². The number of carbonyl (C=O) groups excluding carboxylic acids is 1. The van der Waals surface area contributed by atoms with Crippen molar-refractivity contribution in [1.82, 2.24) is 4.90 Å². The molecule has 3 rings (SSSR count). The number of benzene rings is 1. The van der Waals surface area contributed by atoms with Crippen molar-refractivity contribution < 1.29 is 9.21 Å². The molecule has 1 aromatic heterocycles. The van der Waals surface area contributed by atoms with Crippen LogP contribution in [0.25, 0.3) is 6.08 Å². The van der Waals surface area contributed by atoms with Gasteiger partial charge in [0.25, 0.3) is 0 Å². The van der Waals surface area contributed by atoms with E-state index in [1.165, 1.54) is 37.6 Å². The van der Waals surface area contributed by atoms with Gasteiger partial charge >= 0.3 is 0 Å². The van der Waals surface area contributed by atoms with Gasteiger partial charge in [-0.05, 0) is 68.3 Å². The summed E-state index contributed by atoms with van der Waals surface area (Å²) in [6, 6.07) is 11.7. The number of likely N-dealkylation sites (tertiary alicyclic amines) is 1. The topological polar surface area (TPSA) is 45.5 Å². The second-order valence-corrected chi connectivity index (χ2v) is 5.83. The Morgan fingerprint density at radius 1 is 1.17 bits per heavy atom. The SMILES string of the molecule is O=C(C=Cc1ccco1)Nc1ccc(CCN2CCCC2)cc1. The van der Waals surface area contributed by atoms with Crippen LogP contribution in [0.1, 0.15) is 24.2 Å². The third-order valence-electron chi connectivity index (χ3n) is 4.08. The molecule has 1 N–H and O–H groups in total. The molecule has 1 aliphatic rings. The Balaban J connectivity index is 1.47. The maximum Gasteiger partial charge on any atom is 0.248 e. The van der Waals surface area contributed by atoms with E-state index in [2.05, 4.69) is 22.3 Å². The van der Waals surface area contributed by atoms with Gasteiger partial charge in [0, 0.05) is 18.3 Å². The van der Waals surface area contributed by atoms with Crippen molar-refractivity contribution in [2.24, 2.45) is 0 Å². The van der Waals surface area contributed by atoms with Gasteiger partial charge < -0.3 is 14.6 Å². The quantitative estimate of drug-likeness (QED) is 0.830. The minimum absolute atomic E-state index is 0.161. The van der Waals surface area contributed by atoms with Gasteiger partial charge in [0.05, 0.1) is 6.26 Å². The molecule has 4 heteroatoms. The van der Waals surface area contributed by atoms with Crippen LogP contribution in [0.2, 0.25) is 0 Å². The lowest BCUT2D eigenvalue weighted by molar-refractivity contribution is -0.111. The molecule has 1 fully saturated rings. The zero-order valence-corrected chi connectivity index (χ0v) is 13.2. The molecule has 0 unspecified atom stereocenters. The lowest BCUT2D eigenvalue weighted by Crippen LogP contribution is -2.21. The van der Waals surface area contributed by atoms with Crippen molar-refractivity contribution in [3.63, 3.8) is 0 Å². The van der Waals surface area contributed by atoms with Gasteiger partial charge in [-0.25, -0.2) is 0 Å². The third kappa shape index (κ3) is 4.83. The fourth-order valence-electron chi connectivity index (χ4n) is 2.78. The van der Waals surface area contributed by atoms with E-state index >= 15 is 0 Å². The summed E-state index contributed by atoms with van der Waals surface area (Å²) >= 11 is 0. The Bertz CT molecular complexity index is 639. The van der Waals surface area contributed by atoms with E-state index in [1.807, 2.05) is 12.1 Å². The molecular formula is C19H22N2O2. The van der Waals surface area contributed by atoms with Gasteiger partial charge in [-0.2, -0.15) is 0 Å². The smallest absolute Gasteiger partial charge is 0.248 e. The zero-order chi connectivity index (χ0) is 15.9. The molecular weight excluding hydrogens is 288 g/mol. The average molecular weight is 310 g/mol. The Hall–Kier alpha value is -2.33. The number of amides is 1. The second kappa shape index (κ2) is 7.79. The van der Waals surface area contributed by atoms with Crippen LogP contribution in [0, 0.1) is 0 Å². The molecule has 1 aliphatic heterocycles. The molecule has 0 saturated carbocycles. The Morgan fingerprint density at radius 3 is 2.65 bits per heavy atom. The van der Waals surface area contributed by atoms with Gasteiger partial charge in [0.15, 0.2) is 0 Å². The molecule has 0 aliphatic carbocycles.